The third kappa shape index (κ3) is 6.63. The normalized spacial score (nSPS) is 15.4. The van der Waals surface area contributed by atoms with Gasteiger partial charge in [0, 0.05) is 17.5 Å². The first-order valence-corrected chi connectivity index (χ1v) is 11.8. The molecule has 1 aliphatic rings. The second kappa shape index (κ2) is 11.2. The third-order valence-corrected chi connectivity index (χ3v) is 6.69. The molecular weight excluding hydrogens is 392 g/mol. The Morgan fingerprint density at radius 1 is 1.03 bits per heavy atom. The van der Waals surface area contributed by atoms with Crippen LogP contribution in [0.25, 0.3) is 0 Å². The predicted octanol–water partition coefficient (Wildman–Crippen LogP) is 4.95. The Labute approximate surface area is 184 Å². The lowest BCUT2D eigenvalue weighted by Crippen LogP contribution is -2.50. The van der Waals surface area contributed by atoms with E-state index < -0.39 is 6.04 Å². The van der Waals surface area contributed by atoms with Crippen LogP contribution >= 0.6 is 11.8 Å². The van der Waals surface area contributed by atoms with Crippen molar-refractivity contribution in [2.24, 2.45) is 0 Å². The van der Waals surface area contributed by atoms with Gasteiger partial charge in [-0.1, -0.05) is 67.3 Å². The number of carbonyl (C=O) groups excluding carboxylic acids is 2. The summed E-state index contributed by atoms with van der Waals surface area (Å²) in [6, 6.07) is 17.8. The molecular formula is C25H32N2O2S. The summed E-state index contributed by atoms with van der Waals surface area (Å²) in [6.45, 7) is 4.33. The monoisotopic (exact) mass is 424 g/mol. The van der Waals surface area contributed by atoms with E-state index in [0.29, 0.717) is 12.3 Å². The molecule has 1 fully saturated rings. The maximum atomic E-state index is 13.2. The van der Waals surface area contributed by atoms with E-state index in [-0.39, 0.29) is 17.9 Å². The molecule has 160 valence electrons. The van der Waals surface area contributed by atoms with Gasteiger partial charge in [-0.3, -0.25) is 9.59 Å². The Morgan fingerprint density at radius 2 is 1.70 bits per heavy atom. The lowest BCUT2D eigenvalue weighted by Gasteiger charge is -2.31. The highest BCUT2D eigenvalue weighted by molar-refractivity contribution is 8.00. The highest BCUT2D eigenvalue weighted by Crippen LogP contribution is 2.21. The van der Waals surface area contributed by atoms with Gasteiger partial charge in [0.15, 0.2) is 0 Å². The molecule has 2 amide bonds. The number of nitrogens with one attached hydrogen (secondary N) is 1. The summed E-state index contributed by atoms with van der Waals surface area (Å²) in [5.41, 5.74) is 2.22. The van der Waals surface area contributed by atoms with E-state index in [1.54, 1.807) is 4.90 Å². The zero-order valence-corrected chi connectivity index (χ0v) is 18.8. The molecule has 0 aliphatic heterocycles. The Balaban J connectivity index is 1.68. The molecule has 2 aromatic carbocycles. The van der Waals surface area contributed by atoms with Gasteiger partial charge in [0.05, 0.1) is 5.75 Å². The lowest BCUT2D eigenvalue weighted by atomic mass is 9.95. The van der Waals surface area contributed by atoms with Crippen molar-refractivity contribution in [2.75, 3.05) is 5.75 Å². The maximum Gasteiger partial charge on any atom is 0.242 e. The maximum absolute atomic E-state index is 13.2. The molecule has 1 unspecified atom stereocenters. The highest BCUT2D eigenvalue weighted by Gasteiger charge is 2.28. The van der Waals surface area contributed by atoms with Gasteiger partial charge in [-0.15, -0.1) is 11.8 Å². The number of amides is 2. The van der Waals surface area contributed by atoms with Crippen LogP contribution in [-0.4, -0.2) is 34.6 Å². The molecule has 1 atom stereocenters. The second-order valence-electron chi connectivity index (χ2n) is 8.13. The van der Waals surface area contributed by atoms with Crippen LogP contribution in [0, 0.1) is 6.92 Å². The van der Waals surface area contributed by atoms with Crippen molar-refractivity contribution in [3.05, 3.63) is 65.7 Å². The zero-order valence-electron chi connectivity index (χ0n) is 18.0. The Kier molecular flexibility index (Phi) is 8.38. The van der Waals surface area contributed by atoms with Crippen LogP contribution in [-0.2, 0) is 16.1 Å². The summed E-state index contributed by atoms with van der Waals surface area (Å²) in [5, 5.41) is 3.18. The fourth-order valence-electron chi connectivity index (χ4n) is 3.79. The van der Waals surface area contributed by atoms with Gasteiger partial charge in [-0.05, 0) is 44.4 Å². The molecule has 0 heterocycles. The molecule has 0 spiro atoms. The first-order chi connectivity index (χ1) is 14.5. The molecule has 1 saturated carbocycles. The zero-order chi connectivity index (χ0) is 21.3. The van der Waals surface area contributed by atoms with Crippen molar-refractivity contribution >= 4 is 23.6 Å². The topological polar surface area (TPSA) is 49.4 Å². The Morgan fingerprint density at radius 3 is 2.37 bits per heavy atom. The van der Waals surface area contributed by atoms with Gasteiger partial charge in [-0.2, -0.15) is 0 Å². The average molecular weight is 425 g/mol. The minimum Gasteiger partial charge on any atom is -0.352 e. The van der Waals surface area contributed by atoms with Crippen LogP contribution in [0.4, 0.5) is 0 Å². The SMILES string of the molecule is Cc1ccc(CN(C(=O)CSc2ccccc2)C(C)C(=O)NC2CCCCC2)cc1. The van der Waals surface area contributed by atoms with E-state index in [9.17, 15) is 9.59 Å². The minimum absolute atomic E-state index is 0.0178. The molecule has 1 N–H and O–H groups in total. The van der Waals surface area contributed by atoms with Crippen LogP contribution in [0.5, 0.6) is 0 Å². The molecule has 4 nitrogen and oxygen atoms in total. The van der Waals surface area contributed by atoms with Crippen LogP contribution in [0.15, 0.2) is 59.5 Å². The summed E-state index contributed by atoms with van der Waals surface area (Å²) in [7, 11) is 0. The number of benzene rings is 2. The fourth-order valence-corrected chi connectivity index (χ4v) is 4.59. The summed E-state index contributed by atoms with van der Waals surface area (Å²) in [5.74, 6) is 0.250. The number of nitrogens with zero attached hydrogens (tertiary/aromatic N) is 1. The number of hydrogen-bond acceptors (Lipinski definition) is 3. The lowest BCUT2D eigenvalue weighted by molar-refractivity contribution is -0.139. The smallest absolute Gasteiger partial charge is 0.242 e. The standard InChI is InChI=1S/C25H32N2O2S/c1-19-13-15-21(16-14-19)17-27(24(28)18-30-23-11-7-4-8-12-23)20(2)25(29)26-22-9-5-3-6-10-22/h4,7-8,11-16,20,22H,3,5-6,9-10,17-18H2,1-2H3,(H,26,29). The average Bonchev–Trinajstić information content (AvgIpc) is 2.78. The number of thioether (sulfide) groups is 1. The van der Waals surface area contributed by atoms with Gasteiger partial charge in [0.25, 0.3) is 0 Å². The summed E-state index contributed by atoms with van der Waals surface area (Å²) >= 11 is 1.51. The molecule has 0 bridgehead atoms. The molecule has 0 aromatic heterocycles. The van der Waals surface area contributed by atoms with E-state index in [1.807, 2.05) is 68.4 Å². The van der Waals surface area contributed by atoms with Crippen molar-refractivity contribution in [3.8, 4) is 0 Å². The van der Waals surface area contributed by atoms with Gasteiger partial charge in [0.2, 0.25) is 11.8 Å². The van der Waals surface area contributed by atoms with E-state index in [2.05, 4.69) is 5.32 Å². The first-order valence-electron chi connectivity index (χ1n) is 10.9. The van der Waals surface area contributed by atoms with E-state index in [0.717, 1.165) is 23.3 Å². The Bertz CT molecular complexity index is 817. The predicted molar refractivity (Wildman–Crippen MR) is 123 cm³/mol. The van der Waals surface area contributed by atoms with Crippen molar-refractivity contribution in [3.63, 3.8) is 0 Å². The number of rotatable bonds is 8. The summed E-state index contributed by atoms with van der Waals surface area (Å²) < 4.78 is 0. The van der Waals surface area contributed by atoms with Crippen LogP contribution in [0.3, 0.4) is 0 Å². The van der Waals surface area contributed by atoms with Crippen molar-refractivity contribution in [2.45, 2.75) is 69.5 Å². The van der Waals surface area contributed by atoms with Gasteiger partial charge in [-0.25, -0.2) is 0 Å². The summed E-state index contributed by atoms with van der Waals surface area (Å²) in [4.78, 5) is 28.9. The van der Waals surface area contributed by atoms with Crippen molar-refractivity contribution in [1.82, 2.24) is 10.2 Å². The van der Waals surface area contributed by atoms with Crippen LogP contribution in [0.2, 0.25) is 0 Å². The largest absolute Gasteiger partial charge is 0.352 e. The molecule has 2 aromatic rings. The molecule has 30 heavy (non-hydrogen) atoms. The quantitative estimate of drug-likeness (QED) is 0.610. The molecule has 3 rings (SSSR count). The number of carbonyl (C=O) groups is 2. The van der Waals surface area contributed by atoms with Crippen LogP contribution < -0.4 is 5.32 Å². The number of aryl methyl sites for hydroxylation is 1. The van der Waals surface area contributed by atoms with Crippen LogP contribution in [0.1, 0.15) is 50.2 Å². The van der Waals surface area contributed by atoms with E-state index in [4.69, 9.17) is 0 Å². The second-order valence-corrected chi connectivity index (χ2v) is 9.18. The van der Waals surface area contributed by atoms with Gasteiger partial charge >= 0.3 is 0 Å². The van der Waals surface area contributed by atoms with Gasteiger partial charge in [0.1, 0.15) is 6.04 Å². The summed E-state index contributed by atoms with van der Waals surface area (Å²) in [6.07, 6.45) is 5.65. The molecule has 0 saturated heterocycles. The molecule has 5 heteroatoms. The fraction of sp³-hybridized carbons (Fsp3) is 0.440. The third-order valence-electron chi connectivity index (χ3n) is 5.70. The van der Waals surface area contributed by atoms with Crippen molar-refractivity contribution < 1.29 is 9.59 Å². The van der Waals surface area contributed by atoms with E-state index >= 15 is 0 Å². The first kappa shape index (κ1) is 22.4. The Hall–Kier alpha value is -2.27. The van der Waals surface area contributed by atoms with Gasteiger partial charge < -0.3 is 10.2 Å². The highest BCUT2D eigenvalue weighted by atomic mass is 32.2. The molecule has 1 aliphatic carbocycles. The van der Waals surface area contributed by atoms with Crippen molar-refractivity contribution in [1.29, 1.82) is 0 Å². The minimum atomic E-state index is -0.503. The number of hydrogen-bond donors (Lipinski definition) is 1. The van der Waals surface area contributed by atoms with E-state index in [1.165, 1.54) is 36.6 Å². The molecule has 0 radical (unpaired) electrons.